The Hall–Kier alpha value is -1.72. The summed E-state index contributed by atoms with van der Waals surface area (Å²) in [5, 5.41) is 8.21. The van der Waals surface area contributed by atoms with E-state index in [1.54, 1.807) is 11.7 Å². The largest absolute Gasteiger partial charge is 0.486 e. The van der Waals surface area contributed by atoms with Crippen LogP contribution in [-0.4, -0.2) is 60.6 Å². The van der Waals surface area contributed by atoms with Crippen LogP contribution in [0.5, 0.6) is 11.5 Å². The molecule has 158 valence electrons. The van der Waals surface area contributed by atoms with Gasteiger partial charge in [-0.3, -0.25) is 9.67 Å². The predicted octanol–water partition coefficient (Wildman–Crippen LogP) is 2.61. The van der Waals surface area contributed by atoms with E-state index >= 15 is 0 Å². The number of morpholine rings is 1. The summed E-state index contributed by atoms with van der Waals surface area (Å²) in [5.41, 5.74) is 2.08. The average molecular weight is 534 g/mol. The zero-order valence-corrected chi connectivity index (χ0v) is 19.5. The lowest BCUT2D eigenvalue weighted by molar-refractivity contribution is -0.00805. The van der Waals surface area contributed by atoms with Gasteiger partial charge in [-0.05, 0) is 17.7 Å². The van der Waals surface area contributed by atoms with E-state index in [-0.39, 0.29) is 30.1 Å². The van der Waals surface area contributed by atoms with Crippen LogP contribution in [0, 0.1) is 0 Å². The van der Waals surface area contributed by atoms with E-state index in [9.17, 15) is 0 Å². The highest BCUT2D eigenvalue weighted by Crippen LogP contribution is 2.38. The van der Waals surface area contributed by atoms with Crippen molar-refractivity contribution in [3.63, 3.8) is 0 Å². The van der Waals surface area contributed by atoms with Gasteiger partial charge < -0.3 is 24.4 Å². The molecule has 1 aromatic heterocycles. The topological polar surface area (TPSA) is 73.1 Å². The summed E-state index contributed by atoms with van der Waals surface area (Å²) in [6.07, 6.45) is 3.81. The van der Waals surface area contributed by atoms with Gasteiger partial charge in [0.15, 0.2) is 17.5 Å². The summed E-state index contributed by atoms with van der Waals surface area (Å²) in [5.74, 6) is 2.13. The van der Waals surface area contributed by atoms with Crippen molar-refractivity contribution in [3.8, 4) is 11.5 Å². The summed E-state index contributed by atoms with van der Waals surface area (Å²) in [6, 6.07) is 3.85. The molecule has 10 heteroatoms. The Kier molecular flexibility index (Phi) is 7.47. The molecule has 0 spiro atoms. The number of aryl methyl sites for hydroxylation is 1. The number of ether oxygens (including phenoxy) is 3. The Balaban J connectivity index is 0.00000240. The molecule has 0 bridgehead atoms. The van der Waals surface area contributed by atoms with E-state index < -0.39 is 0 Å². The van der Waals surface area contributed by atoms with Crippen LogP contribution < -0.4 is 14.8 Å². The second kappa shape index (κ2) is 9.86. The third-order valence-electron chi connectivity index (χ3n) is 4.78. The summed E-state index contributed by atoms with van der Waals surface area (Å²) < 4.78 is 18.9. The van der Waals surface area contributed by atoms with Crippen LogP contribution in [0.4, 0.5) is 0 Å². The van der Waals surface area contributed by atoms with Gasteiger partial charge in [0.25, 0.3) is 0 Å². The molecule has 1 fully saturated rings. The number of nitrogens with one attached hydrogen (secondary N) is 1. The number of benzene rings is 1. The molecule has 1 unspecified atom stereocenters. The average Bonchev–Trinajstić information content (AvgIpc) is 3.15. The molecule has 1 aromatic carbocycles. The number of halogens is 2. The zero-order chi connectivity index (χ0) is 19.5. The Labute approximate surface area is 192 Å². The van der Waals surface area contributed by atoms with Crippen LogP contribution in [0.2, 0.25) is 5.02 Å². The summed E-state index contributed by atoms with van der Waals surface area (Å²) >= 11 is 6.34. The van der Waals surface area contributed by atoms with Gasteiger partial charge in [-0.25, -0.2) is 0 Å². The van der Waals surface area contributed by atoms with Crippen molar-refractivity contribution in [1.29, 1.82) is 0 Å². The predicted molar refractivity (Wildman–Crippen MR) is 122 cm³/mol. The van der Waals surface area contributed by atoms with Gasteiger partial charge in [-0.2, -0.15) is 5.10 Å². The molecule has 4 rings (SSSR count). The van der Waals surface area contributed by atoms with E-state index in [1.807, 2.05) is 31.6 Å². The molecule has 1 atom stereocenters. The van der Waals surface area contributed by atoms with Crippen molar-refractivity contribution in [1.82, 2.24) is 20.0 Å². The first-order valence-corrected chi connectivity index (χ1v) is 9.65. The lowest BCUT2D eigenvalue weighted by Gasteiger charge is -2.34. The summed E-state index contributed by atoms with van der Waals surface area (Å²) in [4.78, 5) is 6.63. The number of rotatable bonds is 3. The van der Waals surface area contributed by atoms with Gasteiger partial charge >= 0.3 is 0 Å². The van der Waals surface area contributed by atoms with E-state index in [2.05, 4.69) is 20.3 Å². The van der Waals surface area contributed by atoms with E-state index in [0.717, 1.165) is 23.6 Å². The molecule has 0 aliphatic carbocycles. The number of nitrogens with zero attached hydrogens (tertiary/aromatic N) is 4. The van der Waals surface area contributed by atoms with Crippen molar-refractivity contribution >= 4 is 41.5 Å². The normalized spacial score (nSPS) is 18.9. The highest BCUT2D eigenvalue weighted by molar-refractivity contribution is 14.0. The fourth-order valence-electron chi connectivity index (χ4n) is 3.43. The highest BCUT2D eigenvalue weighted by atomic mass is 127. The molecule has 3 heterocycles. The first-order valence-electron chi connectivity index (χ1n) is 9.28. The number of fused-ring (bicyclic) bond motifs is 1. The molecule has 2 aliphatic heterocycles. The number of aromatic nitrogens is 2. The molecular weight excluding hydrogens is 509 g/mol. The number of hydrogen-bond donors (Lipinski definition) is 1. The molecular formula is C19H25ClIN5O3. The first kappa shape index (κ1) is 22.0. The third-order valence-corrected chi connectivity index (χ3v) is 5.06. The Morgan fingerprint density at radius 2 is 2.14 bits per heavy atom. The summed E-state index contributed by atoms with van der Waals surface area (Å²) in [6.45, 7) is 3.76. The molecule has 1 saturated heterocycles. The molecule has 8 nitrogen and oxygen atoms in total. The minimum absolute atomic E-state index is 0. The van der Waals surface area contributed by atoms with Gasteiger partial charge in [0.05, 0.1) is 24.4 Å². The minimum atomic E-state index is -0.0234. The molecule has 0 amide bonds. The van der Waals surface area contributed by atoms with Gasteiger partial charge in [0, 0.05) is 38.9 Å². The third kappa shape index (κ3) is 5.07. The van der Waals surface area contributed by atoms with Crippen LogP contribution >= 0.6 is 35.6 Å². The Morgan fingerprint density at radius 3 is 2.90 bits per heavy atom. The van der Waals surface area contributed by atoms with Gasteiger partial charge in [0.2, 0.25) is 0 Å². The molecule has 29 heavy (non-hydrogen) atoms. The zero-order valence-electron chi connectivity index (χ0n) is 16.4. The molecule has 2 aliphatic rings. The van der Waals surface area contributed by atoms with Gasteiger partial charge in [0.1, 0.15) is 19.3 Å². The maximum Gasteiger partial charge on any atom is 0.194 e. The van der Waals surface area contributed by atoms with Crippen LogP contribution in [0.1, 0.15) is 17.2 Å². The maximum atomic E-state index is 6.34. The quantitative estimate of drug-likeness (QED) is 0.372. The lowest BCUT2D eigenvalue weighted by Crippen LogP contribution is -2.47. The molecule has 0 radical (unpaired) electrons. The monoisotopic (exact) mass is 533 g/mol. The fourth-order valence-corrected chi connectivity index (χ4v) is 3.72. The van der Waals surface area contributed by atoms with Crippen molar-refractivity contribution < 1.29 is 14.2 Å². The second-order valence-corrected chi connectivity index (χ2v) is 7.16. The van der Waals surface area contributed by atoms with E-state index in [4.69, 9.17) is 25.8 Å². The van der Waals surface area contributed by atoms with Crippen molar-refractivity contribution in [3.05, 3.63) is 40.7 Å². The van der Waals surface area contributed by atoms with Crippen molar-refractivity contribution in [2.75, 3.05) is 40.0 Å². The van der Waals surface area contributed by atoms with E-state index in [1.165, 1.54) is 0 Å². The Bertz CT molecular complexity index is 876. The lowest BCUT2D eigenvalue weighted by atomic mass is 10.1. The van der Waals surface area contributed by atoms with Crippen LogP contribution in [0.15, 0.2) is 29.5 Å². The van der Waals surface area contributed by atoms with Crippen LogP contribution in [0.3, 0.4) is 0 Å². The van der Waals surface area contributed by atoms with Crippen molar-refractivity contribution in [2.24, 2.45) is 12.0 Å². The van der Waals surface area contributed by atoms with Crippen LogP contribution in [0.25, 0.3) is 0 Å². The number of aliphatic imine (C=N–C) groups is 1. The minimum Gasteiger partial charge on any atom is -0.486 e. The van der Waals surface area contributed by atoms with Gasteiger partial charge in [-0.1, -0.05) is 11.6 Å². The molecule has 0 saturated carbocycles. The number of hydrogen-bond acceptors (Lipinski definition) is 5. The van der Waals surface area contributed by atoms with Gasteiger partial charge in [-0.15, -0.1) is 24.0 Å². The van der Waals surface area contributed by atoms with E-state index in [0.29, 0.717) is 49.4 Å². The smallest absolute Gasteiger partial charge is 0.194 e. The standard InChI is InChI=1S/C19H24ClN5O3.HI/c1-21-19(25-3-4-26-17(12-25)14-10-23-24(2)11-14)22-9-13-7-15(20)18-16(8-13)27-5-6-28-18;/h7-8,10-11,17H,3-6,9,12H2,1-2H3,(H,21,22);1H. The molecule has 1 N–H and O–H groups in total. The van der Waals surface area contributed by atoms with Crippen LogP contribution in [-0.2, 0) is 18.3 Å². The van der Waals surface area contributed by atoms with Crippen molar-refractivity contribution in [2.45, 2.75) is 12.6 Å². The number of guanidine groups is 1. The second-order valence-electron chi connectivity index (χ2n) is 6.76. The Morgan fingerprint density at radius 1 is 1.31 bits per heavy atom. The highest BCUT2D eigenvalue weighted by Gasteiger charge is 2.25. The fraction of sp³-hybridized carbons (Fsp3) is 0.474. The SMILES string of the molecule is CN=C(NCc1cc(Cl)c2c(c1)OCCO2)N1CCOC(c2cnn(C)c2)C1.I. The molecule has 2 aromatic rings. The first-order chi connectivity index (χ1) is 13.6. The summed E-state index contributed by atoms with van der Waals surface area (Å²) in [7, 11) is 3.69. The maximum absolute atomic E-state index is 6.34.